The first-order chi connectivity index (χ1) is 15.8. The first-order valence-electron chi connectivity index (χ1n) is 11.3. The van der Waals surface area contributed by atoms with Gasteiger partial charge in [0.1, 0.15) is 0 Å². The van der Waals surface area contributed by atoms with E-state index in [4.69, 9.17) is 21.3 Å². The second kappa shape index (κ2) is 11.8. The van der Waals surface area contributed by atoms with Crippen LogP contribution in [-0.4, -0.2) is 49.3 Å². The van der Waals surface area contributed by atoms with Crippen molar-refractivity contribution in [3.63, 3.8) is 0 Å². The van der Waals surface area contributed by atoms with Gasteiger partial charge in [-0.1, -0.05) is 60.2 Å². The third-order valence-electron chi connectivity index (χ3n) is 5.58. The normalized spacial score (nSPS) is 15.2. The van der Waals surface area contributed by atoms with Gasteiger partial charge in [0.05, 0.1) is 24.4 Å². The Bertz CT molecular complexity index is 1060. The van der Waals surface area contributed by atoms with Crippen LogP contribution >= 0.6 is 11.6 Å². The third-order valence-corrected chi connectivity index (χ3v) is 5.81. The molecule has 0 atom stereocenters. The number of nitrogens with zero attached hydrogens (tertiary/aromatic N) is 2. The van der Waals surface area contributed by atoms with Crippen LogP contribution in [0.4, 0.5) is 5.69 Å². The lowest BCUT2D eigenvalue weighted by Crippen LogP contribution is -2.36. The summed E-state index contributed by atoms with van der Waals surface area (Å²) in [6.07, 6.45) is 10.5. The number of hydrogen-bond donors (Lipinski definition) is 1. The van der Waals surface area contributed by atoms with Gasteiger partial charge in [0, 0.05) is 35.7 Å². The summed E-state index contributed by atoms with van der Waals surface area (Å²) in [6.45, 7) is 5.88. The van der Waals surface area contributed by atoms with Crippen molar-refractivity contribution in [1.29, 1.82) is 0 Å². The Labute approximate surface area is 195 Å². The monoisotopic (exact) mass is 447 g/mol. The number of unbranched alkanes of at least 4 members (excludes halogenated alkanes) is 1. The van der Waals surface area contributed by atoms with Crippen molar-refractivity contribution in [1.82, 2.24) is 9.88 Å². The molecule has 32 heavy (non-hydrogen) atoms. The molecule has 0 bridgehead atoms. The van der Waals surface area contributed by atoms with E-state index in [1.807, 2.05) is 54.6 Å². The van der Waals surface area contributed by atoms with E-state index in [-0.39, 0.29) is 0 Å². The summed E-state index contributed by atoms with van der Waals surface area (Å²) in [5, 5.41) is 5.40. The molecule has 0 radical (unpaired) electrons. The summed E-state index contributed by atoms with van der Waals surface area (Å²) in [7, 11) is 0. The number of benzene rings is 2. The lowest BCUT2D eigenvalue weighted by atomic mass is 10.1. The highest BCUT2D eigenvalue weighted by Crippen LogP contribution is 2.27. The fourth-order valence-electron chi connectivity index (χ4n) is 3.84. The average Bonchev–Trinajstić information content (AvgIpc) is 2.83. The van der Waals surface area contributed by atoms with E-state index in [1.165, 1.54) is 12.0 Å². The van der Waals surface area contributed by atoms with Gasteiger partial charge in [-0.05, 0) is 55.3 Å². The topological polar surface area (TPSA) is 37.4 Å². The first-order valence-corrected chi connectivity index (χ1v) is 11.7. The summed E-state index contributed by atoms with van der Waals surface area (Å²) in [5.41, 5.74) is 4.13. The number of hydrogen-bond acceptors (Lipinski definition) is 4. The average molecular weight is 448 g/mol. The maximum Gasteiger partial charge on any atom is 0.0731 e. The Morgan fingerprint density at radius 1 is 0.969 bits per heavy atom. The fraction of sp³-hybridized carbons (Fsp3) is 0.296. The van der Waals surface area contributed by atoms with Crippen LogP contribution in [0.25, 0.3) is 23.1 Å². The Hall–Kier alpha value is -2.66. The molecule has 1 fully saturated rings. The molecule has 1 aromatic heterocycles. The van der Waals surface area contributed by atoms with Gasteiger partial charge in [-0.25, -0.2) is 4.98 Å². The SMILES string of the molecule is Clc1ccc2nc(/C=C/C=C/c3ccccc3)cc(NCCCCN3CCOCC3)c2c1. The summed E-state index contributed by atoms with van der Waals surface area (Å²) in [4.78, 5) is 7.27. The molecule has 0 saturated carbocycles. The maximum absolute atomic E-state index is 6.27. The Morgan fingerprint density at radius 2 is 1.78 bits per heavy atom. The largest absolute Gasteiger partial charge is 0.384 e. The van der Waals surface area contributed by atoms with E-state index < -0.39 is 0 Å². The molecule has 4 nitrogen and oxygen atoms in total. The van der Waals surface area contributed by atoms with Crippen molar-refractivity contribution in [2.24, 2.45) is 0 Å². The number of ether oxygens (including phenoxy) is 1. The summed E-state index contributed by atoms with van der Waals surface area (Å²) in [6, 6.07) is 18.2. The second-order valence-corrected chi connectivity index (χ2v) is 8.41. The lowest BCUT2D eigenvalue weighted by Gasteiger charge is -2.26. The Kier molecular flexibility index (Phi) is 8.32. The van der Waals surface area contributed by atoms with Gasteiger partial charge in [-0.15, -0.1) is 0 Å². The number of rotatable bonds is 9. The highest BCUT2D eigenvalue weighted by atomic mass is 35.5. The van der Waals surface area contributed by atoms with E-state index in [2.05, 4.69) is 34.5 Å². The van der Waals surface area contributed by atoms with Gasteiger partial charge in [0.25, 0.3) is 0 Å². The first kappa shape index (κ1) is 22.5. The van der Waals surface area contributed by atoms with Crippen LogP contribution in [0.2, 0.25) is 5.02 Å². The van der Waals surface area contributed by atoms with Crippen LogP contribution in [0.1, 0.15) is 24.1 Å². The number of anilines is 1. The standard InChI is InChI=1S/C27H30ClN3O/c28-23-12-13-26-25(20-23)27(29-14-6-7-15-31-16-18-32-19-17-31)21-24(30-26)11-5-4-10-22-8-2-1-3-9-22/h1-5,8-13,20-21H,6-7,14-19H2,(H,29,30)/b10-4+,11-5+. The number of aromatic nitrogens is 1. The van der Waals surface area contributed by atoms with Crippen molar-refractivity contribution in [3.8, 4) is 0 Å². The quantitative estimate of drug-likeness (QED) is 0.316. The van der Waals surface area contributed by atoms with Gasteiger partial charge in [-0.2, -0.15) is 0 Å². The molecule has 0 amide bonds. The van der Waals surface area contributed by atoms with Crippen molar-refractivity contribution in [2.75, 3.05) is 44.7 Å². The molecule has 1 aliphatic rings. The van der Waals surface area contributed by atoms with Crippen molar-refractivity contribution in [2.45, 2.75) is 12.8 Å². The van der Waals surface area contributed by atoms with Crippen LogP contribution in [0.3, 0.4) is 0 Å². The number of halogens is 1. The van der Waals surface area contributed by atoms with Gasteiger partial charge in [0.15, 0.2) is 0 Å². The predicted molar refractivity (Wildman–Crippen MR) is 136 cm³/mol. The molecule has 1 saturated heterocycles. The van der Waals surface area contributed by atoms with E-state index in [1.54, 1.807) is 0 Å². The maximum atomic E-state index is 6.27. The summed E-state index contributed by atoms with van der Waals surface area (Å²) < 4.78 is 5.42. The molecule has 0 aliphatic carbocycles. The number of fused-ring (bicyclic) bond motifs is 1. The van der Waals surface area contributed by atoms with Crippen molar-refractivity contribution >= 4 is 40.3 Å². The van der Waals surface area contributed by atoms with Gasteiger partial charge in [0.2, 0.25) is 0 Å². The third kappa shape index (κ3) is 6.67. The molecule has 2 aromatic carbocycles. The van der Waals surface area contributed by atoms with Gasteiger partial charge >= 0.3 is 0 Å². The smallest absolute Gasteiger partial charge is 0.0731 e. The second-order valence-electron chi connectivity index (χ2n) is 7.97. The van der Waals surface area contributed by atoms with Crippen molar-refractivity contribution < 1.29 is 4.74 Å². The summed E-state index contributed by atoms with van der Waals surface area (Å²) in [5.74, 6) is 0. The fourth-order valence-corrected chi connectivity index (χ4v) is 4.02. The van der Waals surface area contributed by atoms with Gasteiger partial charge < -0.3 is 10.1 Å². The molecule has 1 aliphatic heterocycles. The molecule has 0 unspecified atom stereocenters. The van der Waals surface area contributed by atoms with E-state index in [0.717, 1.165) is 73.1 Å². The van der Waals surface area contributed by atoms with Crippen LogP contribution in [0.15, 0.2) is 66.7 Å². The van der Waals surface area contributed by atoms with Crippen molar-refractivity contribution in [3.05, 3.63) is 83.0 Å². The zero-order valence-corrected chi connectivity index (χ0v) is 19.1. The van der Waals surface area contributed by atoms with Gasteiger partial charge in [-0.3, -0.25) is 4.90 Å². The van der Waals surface area contributed by atoms with Crippen LogP contribution in [0, 0.1) is 0 Å². The molecule has 1 N–H and O–H groups in total. The summed E-state index contributed by atoms with van der Waals surface area (Å²) >= 11 is 6.27. The lowest BCUT2D eigenvalue weighted by molar-refractivity contribution is 0.0373. The Morgan fingerprint density at radius 3 is 2.62 bits per heavy atom. The number of morpholine rings is 1. The molecular weight excluding hydrogens is 418 g/mol. The minimum absolute atomic E-state index is 0.726. The molecule has 3 aromatic rings. The predicted octanol–water partition coefficient (Wildman–Crippen LogP) is 6.14. The van der Waals surface area contributed by atoms with E-state index >= 15 is 0 Å². The highest BCUT2D eigenvalue weighted by Gasteiger charge is 2.09. The molecule has 2 heterocycles. The van der Waals surface area contributed by atoms with E-state index in [0.29, 0.717) is 0 Å². The van der Waals surface area contributed by atoms with E-state index in [9.17, 15) is 0 Å². The minimum Gasteiger partial charge on any atom is -0.384 e. The number of pyridine rings is 1. The number of allylic oxidation sites excluding steroid dienone is 2. The molecular formula is C27H30ClN3O. The zero-order valence-electron chi connectivity index (χ0n) is 18.3. The Balaban J connectivity index is 1.40. The minimum atomic E-state index is 0.726. The van der Waals surface area contributed by atoms with Crippen LogP contribution in [0.5, 0.6) is 0 Å². The molecule has 0 spiro atoms. The van der Waals surface area contributed by atoms with Crippen LogP contribution in [-0.2, 0) is 4.74 Å². The molecule has 4 rings (SSSR count). The number of nitrogens with one attached hydrogen (secondary N) is 1. The molecule has 5 heteroatoms. The highest BCUT2D eigenvalue weighted by molar-refractivity contribution is 6.31. The van der Waals surface area contributed by atoms with Crippen LogP contribution < -0.4 is 5.32 Å². The zero-order chi connectivity index (χ0) is 22.0. The molecule has 166 valence electrons.